The second kappa shape index (κ2) is 7.49. The smallest absolute Gasteiger partial charge is 0.227 e. The summed E-state index contributed by atoms with van der Waals surface area (Å²) in [7, 11) is 0. The van der Waals surface area contributed by atoms with Gasteiger partial charge >= 0.3 is 0 Å². The Balaban J connectivity index is 1.38. The van der Waals surface area contributed by atoms with Crippen LogP contribution in [0, 0.1) is 0 Å². The molecular weight excluding hydrogens is 386 g/mol. The minimum absolute atomic E-state index is 0.319. The van der Waals surface area contributed by atoms with Crippen LogP contribution in [-0.2, 0) is 4.74 Å². The topological polar surface area (TPSA) is 79.3 Å². The lowest BCUT2D eigenvalue weighted by Crippen LogP contribution is -2.37. The number of hydrogen-bond donors (Lipinski definition) is 1. The zero-order chi connectivity index (χ0) is 17.1. The number of nitrogens with one attached hydrogen (secondary N) is 1. The number of rotatable bonds is 4. The third-order valence-corrected chi connectivity index (χ3v) is 4.78. The molecule has 0 saturated carbocycles. The van der Waals surface area contributed by atoms with Gasteiger partial charge in [-0.15, -0.1) is 0 Å². The summed E-state index contributed by atoms with van der Waals surface area (Å²) in [6.45, 7) is 4.92. The van der Waals surface area contributed by atoms with Crippen molar-refractivity contribution in [3.8, 4) is 0 Å². The van der Waals surface area contributed by atoms with Gasteiger partial charge in [-0.1, -0.05) is 0 Å². The second-order valence-electron chi connectivity index (χ2n) is 6.12. The number of aromatic nitrogens is 4. The molecule has 0 bridgehead atoms. The molecule has 4 heterocycles. The van der Waals surface area contributed by atoms with Crippen molar-refractivity contribution in [3.63, 3.8) is 0 Å². The van der Waals surface area contributed by atoms with Gasteiger partial charge in [-0.3, -0.25) is 0 Å². The number of ether oxygens (including phenoxy) is 1. The van der Waals surface area contributed by atoms with Crippen LogP contribution in [0.4, 0.5) is 17.7 Å². The monoisotopic (exact) mass is 405 g/mol. The Morgan fingerprint density at radius 3 is 2.64 bits per heavy atom. The Morgan fingerprint density at radius 2 is 1.84 bits per heavy atom. The molecule has 132 valence electrons. The third kappa shape index (κ3) is 3.98. The Hall–Kier alpha value is -2.00. The molecule has 0 aromatic carbocycles. The van der Waals surface area contributed by atoms with Crippen molar-refractivity contribution in [1.82, 2.24) is 19.9 Å². The zero-order valence-electron chi connectivity index (χ0n) is 13.8. The molecule has 2 saturated heterocycles. The Morgan fingerprint density at radius 1 is 1.04 bits per heavy atom. The van der Waals surface area contributed by atoms with Gasteiger partial charge in [0.1, 0.15) is 5.82 Å². The minimum atomic E-state index is 0.319. The first-order valence-electron chi connectivity index (χ1n) is 8.43. The van der Waals surface area contributed by atoms with Gasteiger partial charge in [-0.25, -0.2) is 15.0 Å². The molecule has 0 aliphatic carbocycles. The normalized spacial score (nSPS) is 20.8. The van der Waals surface area contributed by atoms with Gasteiger partial charge in [0.2, 0.25) is 11.9 Å². The Bertz CT molecular complexity index is 708. The van der Waals surface area contributed by atoms with E-state index >= 15 is 0 Å². The molecular formula is C16H20BrN7O. The lowest BCUT2D eigenvalue weighted by Gasteiger charge is -2.27. The van der Waals surface area contributed by atoms with E-state index in [0.29, 0.717) is 6.04 Å². The minimum Gasteiger partial charge on any atom is -0.378 e. The van der Waals surface area contributed by atoms with Gasteiger partial charge in [0.25, 0.3) is 0 Å². The quantitative estimate of drug-likeness (QED) is 0.820. The highest BCUT2D eigenvalue weighted by molar-refractivity contribution is 9.10. The molecule has 2 aromatic rings. The summed E-state index contributed by atoms with van der Waals surface area (Å²) in [5.41, 5.74) is 0. The van der Waals surface area contributed by atoms with Gasteiger partial charge < -0.3 is 19.9 Å². The van der Waals surface area contributed by atoms with Crippen molar-refractivity contribution in [3.05, 3.63) is 29.1 Å². The fraction of sp³-hybridized carbons (Fsp3) is 0.500. The average molecular weight is 406 g/mol. The van der Waals surface area contributed by atoms with E-state index in [9.17, 15) is 0 Å². The van der Waals surface area contributed by atoms with E-state index in [0.717, 1.165) is 68.0 Å². The maximum absolute atomic E-state index is 5.39. The van der Waals surface area contributed by atoms with E-state index in [1.165, 1.54) is 0 Å². The highest BCUT2D eigenvalue weighted by Gasteiger charge is 2.25. The summed E-state index contributed by atoms with van der Waals surface area (Å²) in [6, 6.07) is 2.24. The molecule has 2 aromatic heterocycles. The Kier molecular flexibility index (Phi) is 4.93. The molecule has 9 heteroatoms. The highest BCUT2D eigenvalue weighted by atomic mass is 79.9. The molecule has 1 atom stereocenters. The van der Waals surface area contributed by atoms with Crippen LogP contribution in [0.3, 0.4) is 0 Å². The van der Waals surface area contributed by atoms with E-state index in [-0.39, 0.29) is 0 Å². The van der Waals surface area contributed by atoms with Crippen LogP contribution in [0.5, 0.6) is 0 Å². The first-order chi connectivity index (χ1) is 12.3. The Labute approximate surface area is 154 Å². The molecule has 0 amide bonds. The molecule has 25 heavy (non-hydrogen) atoms. The largest absolute Gasteiger partial charge is 0.378 e. The second-order valence-corrected chi connectivity index (χ2v) is 7.03. The summed E-state index contributed by atoms with van der Waals surface area (Å²) < 4.78 is 6.28. The lowest BCUT2D eigenvalue weighted by atomic mass is 10.2. The SMILES string of the molecule is Brc1cnc(N2CCC(Nc3ccnc(N4CCOCC4)n3)C2)nc1. The van der Waals surface area contributed by atoms with Crippen LogP contribution in [0.15, 0.2) is 29.1 Å². The van der Waals surface area contributed by atoms with Crippen LogP contribution < -0.4 is 15.1 Å². The van der Waals surface area contributed by atoms with Crippen LogP contribution >= 0.6 is 15.9 Å². The van der Waals surface area contributed by atoms with E-state index < -0.39 is 0 Å². The van der Waals surface area contributed by atoms with Gasteiger partial charge in [0.05, 0.1) is 17.7 Å². The van der Waals surface area contributed by atoms with Crippen LogP contribution in [0.1, 0.15) is 6.42 Å². The van der Waals surface area contributed by atoms with Gasteiger partial charge in [0, 0.05) is 50.8 Å². The molecule has 2 fully saturated rings. The predicted octanol–water partition coefficient (Wildman–Crippen LogP) is 1.56. The third-order valence-electron chi connectivity index (χ3n) is 4.37. The first kappa shape index (κ1) is 16.5. The van der Waals surface area contributed by atoms with Gasteiger partial charge in [-0.2, -0.15) is 4.98 Å². The number of hydrogen-bond acceptors (Lipinski definition) is 8. The molecule has 8 nitrogen and oxygen atoms in total. The fourth-order valence-corrected chi connectivity index (χ4v) is 3.29. The molecule has 2 aliphatic rings. The van der Waals surface area contributed by atoms with E-state index in [4.69, 9.17) is 4.74 Å². The van der Waals surface area contributed by atoms with Crippen molar-refractivity contribution in [2.24, 2.45) is 0 Å². The first-order valence-corrected chi connectivity index (χ1v) is 9.22. The van der Waals surface area contributed by atoms with Crippen molar-refractivity contribution in [2.75, 3.05) is 54.5 Å². The number of anilines is 3. The summed E-state index contributed by atoms with van der Waals surface area (Å²) >= 11 is 3.37. The van der Waals surface area contributed by atoms with Crippen molar-refractivity contribution in [1.29, 1.82) is 0 Å². The van der Waals surface area contributed by atoms with E-state index in [2.05, 4.69) is 51.0 Å². The maximum atomic E-state index is 5.39. The summed E-state index contributed by atoms with van der Waals surface area (Å²) in [5.74, 6) is 2.39. The van der Waals surface area contributed by atoms with E-state index in [1.807, 2.05) is 12.3 Å². The standard InChI is InChI=1S/C16H20BrN7O/c17-12-9-19-15(20-10-12)24-4-2-13(11-24)21-14-1-3-18-16(22-14)23-5-7-25-8-6-23/h1,3,9-10,13H,2,4-8,11H2,(H,18,21,22). The van der Waals surface area contributed by atoms with Crippen LogP contribution in [-0.4, -0.2) is 65.4 Å². The average Bonchev–Trinajstić information content (AvgIpc) is 3.12. The zero-order valence-corrected chi connectivity index (χ0v) is 15.4. The molecule has 0 spiro atoms. The fourth-order valence-electron chi connectivity index (χ4n) is 3.08. The number of morpholine rings is 1. The molecule has 0 radical (unpaired) electrons. The van der Waals surface area contributed by atoms with Crippen LogP contribution in [0.25, 0.3) is 0 Å². The summed E-state index contributed by atoms with van der Waals surface area (Å²) in [5, 5.41) is 3.52. The summed E-state index contributed by atoms with van der Waals surface area (Å²) in [4.78, 5) is 22.1. The lowest BCUT2D eigenvalue weighted by molar-refractivity contribution is 0.122. The number of nitrogens with zero attached hydrogens (tertiary/aromatic N) is 6. The summed E-state index contributed by atoms with van der Waals surface area (Å²) in [6.07, 6.45) is 6.39. The van der Waals surface area contributed by atoms with Crippen molar-refractivity contribution < 1.29 is 4.74 Å². The van der Waals surface area contributed by atoms with Gasteiger partial charge in [-0.05, 0) is 28.4 Å². The number of halogens is 1. The maximum Gasteiger partial charge on any atom is 0.227 e. The van der Waals surface area contributed by atoms with Crippen molar-refractivity contribution >= 4 is 33.6 Å². The molecule has 1 N–H and O–H groups in total. The van der Waals surface area contributed by atoms with Crippen LogP contribution in [0.2, 0.25) is 0 Å². The van der Waals surface area contributed by atoms with E-state index in [1.54, 1.807) is 12.4 Å². The molecule has 4 rings (SSSR count). The predicted molar refractivity (Wildman–Crippen MR) is 99.0 cm³/mol. The molecule has 1 unspecified atom stereocenters. The highest BCUT2D eigenvalue weighted by Crippen LogP contribution is 2.20. The van der Waals surface area contributed by atoms with Crippen molar-refractivity contribution in [2.45, 2.75) is 12.5 Å². The van der Waals surface area contributed by atoms with Gasteiger partial charge in [0.15, 0.2) is 0 Å². The molecule has 2 aliphatic heterocycles.